The maximum Gasteiger partial charge on any atom is 0.336 e. The van der Waals surface area contributed by atoms with Gasteiger partial charge in [-0.15, -0.1) is 0 Å². The molecule has 0 saturated carbocycles. The Balaban J connectivity index is 2.87. The zero-order chi connectivity index (χ0) is 16.6. The number of carbonyl (C=O) groups is 2. The van der Waals surface area contributed by atoms with E-state index in [4.69, 9.17) is 0 Å². The predicted octanol–water partition coefficient (Wildman–Crippen LogP) is 3.98. The topological polar surface area (TPSA) is 74.6 Å². The zero-order valence-electron chi connectivity index (χ0n) is 13.0. The van der Waals surface area contributed by atoms with Gasteiger partial charge in [0.1, 0.15) is 0 Å². The van der Waals surface area contributed by atoms with Gasteiger partial charge in [0.15, 0.2) is 0 Å². The normalized spacial score (nSPS) is 10.5. The van der Waals surface area contributed by atoms with E-state index in [1.807, 2.05) is 27.7 Å². The van der Waals surface area contributed by atoms with Crippen LogP contribution in [0.3, 0.4) is 0 Å². The molecular formula is C18H18O4. The molecule has 4 heteroatoms. The van der Waals surface area contributed by atoms with Crippen LogP contribution in [-0.4, -0.2) is 22.2 Å². The average molecular weight is 298 g/mol. The van der Waals surface area contributed by atoms with Crippen molar-refractivity contribution in [2.75, 3.05) is 0 Å². The number of hydrogen-bond donors (Lipinski definition) is 2. The molecule has 0 aliphatic rings. The largest absolute Gasteiger partial charge is 0.478 e. The summed E-state index contributed by atoms with van der Waals surface area (Å²) in [7, 11) is 0. The first-order valence-electron chi connectivity index (χ1n) is 6.91. The van der Waals surface area contributed by atoms with Crippen molar-refractivity contribution in [3.05, 3.63) is 57.6 Å². The van der Waals surface area contributed by atoms with Crippen molar-refractivity contribution in [1.29, 1.82) is 0 Å². The van der Waals surface area contributed by atoms with E-state index in [2.05, 4.69) is 0 Å². The standard InChI is InChI=1S/C18H18O4/c1-9-5-13(15(17(19)20)7-11(9)3)14-6-10(2)12(4)8-16(14)18(21)22/h5-8H,1-4H3,(H,19,20)(H,21,22). The van der Waals surface area contributed by atoms with Gasteiger partial charge in [-0.05, 0) is 73.2 Å². The number of rotatable bonds is 3. The van der Waals surface area contributed by atoms with E-state index >= 15 is 0 Å². The van der Waals surface area contributed by atoms with Crippen LogP contribution < -0.4 is 0 Å². The molecule has 0 radical (unpaired) electrons. The molecule has 2 rings (SSSR count). The molecule has 0 spiro atoms. The van der Waals surface area contributed by atoms with E-state index in [1.165, 1.54) is 0 Å². The summed E-state index contributed by atoms with van der Waals surface area (Å²) in [5.74, 6) is -2.12. The molecule has 2 aromatic rings. The Kier molecular flexibility index (Phi) is 4.04. The number of hydrogen-bond acceptors (Lipinski definition) is 2. The fourth-order valence-corrected chi connectivity index (χ4v) is 2.43. The number of aryl methyl sites for hydroxylation is 4. The zero-order valence-corrected chi connectivity index (χ0v) is 13.0. The molecule has 4 nitrogen and oxygen atoms in total. The fraction of sp³-hybridized carbons (Fsp3) is 0.222. The molecule has 2 N–H and O–H groups in total. The van der Waals surface area contributed by atoms with Crippen molar-refractivity contribution in [3.63, 3.8) is 0 Å². The average Bonchev–Trinajstić information content (AvgIpc) is 2.43. The Bertz CT molecular complexity index is 721. The van der Waals surface area contributed by atoms with Crippen LogP contribution >= 0.6 is 0 Å². The van der Waals surface area contributed by atoms with Crippen molar-refractivity contribution < 1.29 is 19.8 Å². The lowest BCUT2D eigenvalue weighted by molar-refractivity contribution is 0.0684. The lowest BCUT2D eigenvalue weighted by Gasteiger charge is -2.14. The molecule has 0 heterocycles. The second-order valence-electron chi connectivity index (χ2n) is 5.57. The third kappa shape index (κ3) is 2.72. The van der Waals surface area contributed by atoms with Crippen LogP contribution in [0.2, 0.25) is 0 Å². The minimum Gasteiger partial charge on any atom is -0.478 e. The van der Waals surface area contributed by atoms with Crippen molar-refractivity contribution in [1.82, 2.24) is 0 Å². The molecule has 0 fully saturated rings. The van der Waals surface area contributed by atoms with Gasteiger partial charge in [-0.1, -0.05) is 12.1 Å². The van der Waals surface area contributed by atoms with Crippen LogP contribution in [0.4, 0.5) is 0 Å². The van der Waals surface area contributed by atoms with Gasteiger partial charge in [-0.3, -0.25) is 0 Å². The summed E-state index contributed by atoms with van der Waals surface area (Å²) < 4.78 is 0. The summed E-state index contributed by atoms with van der Waals surface area (Å²) in [4.78, 5) is 23.1. The number of carboxylic acids is 2. The van der Waals surface area contributed by atoms with Crippen molar-refractivity contribution >= 4 is 11.9 Å². The Morgan fingerprint density at radius 1 is 0.636 bits per heavy atom. The molecule has 22 heavy (non-hydrogen) atoms. The van der Waals surface area contributed by atoms with Gasteiger partial charge < -0.3 is 10.2 Å². The smallest absolute Gasteiger partial charge is 0.336 e. The van der Waals surface area contributed by atoms with E-state index in [0.717, 1.165) is 22.3 Å². The second-order valence-corrected chi connectivity index (χ2v) is 5.57. The molecular weight excluding hydrogens is 280 g/mol. The van der Waals surface area contributed by atoms with Crippen molar-refractivity contribution in [2.45, 2.75) is 27.7 Å². The van der Waals surface area contributed by atoms with Gasteiger partial charge >= 0.3 is 11.9 Å². The number of carboxylic acid groups (broad SMARTS) is 2. The van der Waals surface area contributed by atoms with Gasteiger partial charge in [0, 0.05) is 0 Å². The van der Waals surface area contributed by atoms with Crippen LogP contribution in [0.5, 0.6) is 0 Å². The number of benzene rings is 2. The minimum atomic E-state index is -1.06. The first-order valence-corrected chi connectivity index (χ1v) is 6.91. The van der Waals surface area contributed by atoms with Crippen molar-refractivity contribution in [2.24, 2.45) is 0 Å². The van der Waals surface area contributed by atoms with E-state index in [1.54, 1.807) is 24.3 Å². The van der Waals surface area contributed by atoms with Gasteiger partial charge in [0.2, 0.25) is 0 Å². The third-order valence-electron chi connectivity index (χ3n) is 4.02. The van der Waals surface area contributed by atoms with Crippen LogP contribution in [0, 0.1) is 27.7 Å². The predicted molar refractivity (Wildman–Crippen MR) is 84.7 cm³/mol. The maximum absolute atomic E-state index is 11.5. The Hall–Kier alpha value is -2.62. The van der Waals surface area contributed by atoms with Crippen LogP contribution in [0.15, 0.2) is 24.3 Å². The molecule has 0 bridgehead atoms. The lowest BCUT2D eigenvalue weighted by atomic mass is 9.89. The Morgan fingerprint density at radius 3 is 1.18 bits per heavy atom. The van der Waals surface area contributed by atoms with E-state index in [9.17, 15) is 19.8 Å². The minimum absolute atomic E-state index is 0.119. The monoisotopic (exact) mass is 298 g/mol. The highest BCUT2D eigenvalue weighted by Crippen LogP contribution is 2.32. The van der Waals surface area contributed by atoms with Gasteiger partial charge in [-0.25, -0.2) is 9.59 Å². The highest BCUT2D eigenvalue weighted by atomic mass is 16.4. The molecule has 0 amide bonds. The van der Waals surface area contributed by atoms with Gasteiger partial charge in [0.05, 0.1) is 11.1 Å². The van der Waals surface area contributed by atoms with E-state index < -0.39 is 11.9 Å². The van der Waals surface area contributed by atoms with Crippen LogP contribution in [-0.2, 0) is 0 Å². The first-order chi connectivity index (χ1) is 10.2. The number of aromatic carboxylic acids is 2. The molecule has 0 atom stereocenters. The summed E-state index contributed by atoms with van der Waals surface area (Å²) in [5.41, 5.74) is 4.70. The SMILES string of the molecule is Cc1cc(C(=O)O)c(-c2cc(C)c(C)cc2C(=O)O)cc1C. The van der Waals surface area contributed by atoms with Gasteiger partial charge in [-0.2, -0.15) is 0 Å². The molecule has 0 aliphatic carbocycles. The summed E-state index contributed by atoms with van der Waals surface area (Å²) in [6.07, 6.45) is 0. The Morgan fingerprint density at radius 2 is 0.909 bits per heavy atom. The summed E-state index contributed by atoms with van der Waals surface area (Å²) in [6, 6.07) is 6.67. The highest BCUT2D eigenvalue weighted by molar-refractivity contribution is 6.02. The summed E-state index contributed by atoms with van der Waals surface area (Å²) in [6.45, 7) is 7.44. The summed E-state index contributed by atoms with van der Waals surface area (Å²) >= 11 is 0. The molecule has 2 aromatic carbocycles. The second kappa shape index (κ2) is 5.64. The molecule has 114 valence electrons. The third-order valence-corrected chi connectivity index (χ3v) is 4.02. The van der Waals surface area contributed by atoms with E-state index in [0.29, 0.717) is 11.1 Å². The lowest BCUT2D eigenvalue weighted by Crippen LogP contribution is -2.06. The van der Waals surface area contributed by atoms with Gasteiger partial charge in [0.25, 0.3) is 0 Å². The Labute approximate surface area is 129 Å². The van der Waals surface area contributed by atoms with E-state index in [-0.39, 0.29) is 11.1 Å². The molecule has 0 aliphatic heterocycles. The molecule has 0 aromatic heterocycles. The first kappa shape index (κ1) is 15.8. The molecule has 0 saturated heterocycles. The maximum atomic E-state index is 11.5. The summed E-state index contributed by atoms with van der Waals surface area (Å²) in [5, 5.41) is 18.9. The fourth-order valence-electron chi connectivity index (χ4n) is 2.43. The molecule has 0 unspecified atom stereocenters. The van der Waals surface area contributed by atoms with Crippen molar-refractivity contribution in [3.8, 4) is 11.1 Å². The highest BCUT2D eigenvalue weighted by Gasteiger charge is 2.19. The van der Waals surface area contributed by atoms with Crippen LogP contribution in [0.25, 0.3) is 11.1 Å². The van der Waals surface area contributed by atoms with Crippen LogP contribution in [0.1, 0.15) is 43.0 Å². The quantitative estimate of drug-likeness (QED) is 0.898.